The Morgan fingerprint density at radius 2 is 1.82 bits per heavy atom. The van der Waals surface area contributed by atoms with E-state index < -0.39 is 0 Å². The highest BCUT2D eigenvalue weighted by atomic mass is 79.9. The largest absolute Gasteiger partial charge is 0.294 e. The Hall–Kier alpha value is -1.48. The summed E-state index contributed by atoms with van der Waals surface area (Å²) in [5, 5.41) is 0. The summed E-state index contributed by atoms with van der Waals surface area (Å²) in [6.45, 7) is 0. The molecule has 1 nitrogen and oxygen atoms in total. The van der Waals surface area contributed by atoms with Crippen LogP contribution in [-0.4, -0.2) is 5.78 Å². The first kappa shape index (κ1) is 12.0. The third-order valence-corrected chi connectivity index (χ3v) is 2.92. The molecule has 86 valence electrons. The summed E-state index contributed by atoms with van der Waals surface area (Å²) >= 11 is 3.32. The van der Waals surface area contributed by atoms with Gasteiger partial charge in [-0.1, -0.05) is 40.2 Å². The monoisotopic (exact) mass is 292 g/mol. The molecule has 2 aromatic carbocycles. The lowest BCUT2D eigenvalue weighted by molar-refractivity contribution is 0.0993. The van der Waals surface area contributed by atoms with Gasteiger partial charge in [0.2, 0.25) is 0 Å². The molecular formula is C14H10BrFO. The molecule has 0 unspecified atom stereocenters. The van der Waals surface area contributed by atoms with Gasteiger partial charge in [0.1, 0.15) is 5.82 Å². The molecule has 0 saturated heterocycles. The maximum atomic E-state index is 12.7. The minimum Gasteiger partial charge on any atom is -0.294 e. The van der Waals surface area contributed by atoms with Crippen molar-refractivity contribution in [2.75, 3.05) is 0 Å². The van der Waals surface area contributed by atoms with Crippen molar-refractivity contribution in [2.24, 2.45) is 0 Å². The lowest BCUT2D eigenvalue weighted by atomic mass is 10.0. The third kappa shape index (κ3) is 3.24. The van der Waals surface area contributed by atoms with Crippen LogP contribution in [0.2, 0.25) is 0 Å². The molecule has 0 radical (unpaired) electrons. The first-order valence-corrected chi connectivity index (χ1v) is 5.97. The molecule has 2 rings (SSSR count). The normalized spacial score (nSPS) is 10.2. The van der Waals surface area contributed by atoms with Gasteiger partial charge in [-0.15, -0.1) is 0 Å². The number of rotatable bonds is 3. The number of carbonyl (C=O) groups excluding carboxylic acids is 1. The fourth-order valence-electron chi connectivity index (χ4n) is 1.55. The van der Waals surface area contributed by atoms with Gasteiger partial charge >= 0.3 is 0 Å². The smallest absolute Gasteiger partial charge is 0.167 e. The molecule has 2 aromatic rings. The molecule has 0 bridgehead atoms. The summed E-state index contributed by atoms with van der Waals surface area (Å²) < 4.78 is 13.6. The predicted molar refractivity (Wildman–Crippen MR) is 68.6 cm³/mol. The van der Waals surface area contributed by atoms with Crippen LogP contribution in [0.3, 0.4) is 0 Å². The molecule has 17 heavy (non-hydrogen) atoms. The van der Waals surface area contributed by atoms with Gasteiger partial charge < -0.3 is 0 Å². The van der Waals surface area contributed by atoms with E-state index in [-0.39, 0.29) is 18.0 Å². The highest BCUT2D eigenvalue weighted by molar-refractivity contribution is 9.10. The third-order valence-electron chi connectivity index (χ3n) is 2.42. The molecule has 0 aliphatic rings. The molecule has 0 N–H and O–H groups in total. The van der Waals surface area contributed by atoms with E-state index in [1.54, 1.807) is 24.3 Å². The van der Waals surface area contributed by atoms with Gasteiger partial charge in [-0.3, -0.25) is 4.79 Å². The van der Waals surface area contributed by atoms with Crippen molar-refractivity contribution >= 4 is 21.7 Å². The first-order valence-electron chi connectivity index (χ1n) is 5.18. The SMILES string of the molecule is O=C(Cc1ccc(F)cc1)c1cccc(Br)c1. The van der Waals surface area contributed by atoms with Crippen molar-refractivity contribution in [2.45, 2.75) is 6.42 Å². The van der Waals surface area contributed by atoms with E-state index in [1.165, 1.54) is 12.1 Å². The van der Waals surface area contributed by atoms with Crippen molar-refractivity contribution in [3.8, 4) is 0 Å². The molecule has 0 saturated carbocycles. The zero-order valence-electron chi connectivity index (χ0n) is 8.99. The van der Waals surface area contributed by atoms with Gasteiger partial charge in [-0.2, -0.15) is 0 Å². The van der Waals surface area contributed by atoms with Crippen LogP contribution >= 0.6 is 15.9 Å². The van der Waals surface area contributed by atoms with Gasteiger partial charge in [-0.05, 0) is 29.8 Å². The summed E-state index contributed by atoms with van der Waals surface area (Å²) in [6.07, 6.45) is 0.288. The van der Waals surface area contributed by atoms with Gasteiger partial charge in [0.05, 0.1) is 0 Å². The molecule has 0 heterocycles. The van der Waals surface area contributed by atoms with Crippen LogP contribution in [0.5, 0.6) is 0 Å². The van der Waals surface area contributed by atoms with Crippen molar-refractivity contribution in [1.82, 2.24) is 0 Å². The van der Waals surface area contributed by atoms with E-state index in [0.29, 0.717) is 5.56 Å². The molecule has 0 aliphatic heterocycles. The first-order chi connectivity index (χ1) is 8.15. The van der Waals surface area contributed by atoms with Gasteiger partial charge in [0.15, 0.2) is 5.78 Å². The molecule has 0 aromatic heterocycles. The van der Waals surface area contributed by atoms with Crippen LogP contribution in [0.4, 0.5) is 4.39 Å². The molecule has 0 spiro atoms. The van der Waals surface area contributed by atoms with E-state index >= 15 is 0 Å². The zero-order chi connectivity index (χ0) is 12.3. The number of hydrogen-bond acceptors (Lipinski definition) is 1. The molecule has 0 atom stereocenters. The summed E-state index contributed by atoms with van der Waals surface area (Å²) in [5.41, 5.74) is 1.47. The Kier molecular flexibility index (Phi) is 3.69. The van der Waals surface area contributed by atoms with Gasteiger partial charge in [0.25, 0.3) is 0 Å². The van der Waals surface area contributed by atoms with Crippen molar-refractivity contribution in [3.05, 3.63) is 69.9 Å². The van der Waals surface area contributed by atoms with E-state index in [4.69, 9.17) is 0 Å². The average molecular weight is 293 g/mol. The average Bonchev–Trinajstić information content (AvgIpc) is 2.32. The Labute approximate surface area is 107 Å². The maximum Gasteiger partial charge on any atom is 0.167 e. The maximum absolute atomic E-state index is 12.7. The quantitative estimate of drug-likeness (QED) is 0.781. The van der Waals surface area contributed by atoms with Crippen molar-refractivity contribution < 1.29 is 9.18 Å². The number of hydrogen-bond donors (Lipinski definition) is 0. The fraction of sp³-hybridized carbons (Fsp3) is 0.0714. The van der Waals surface area contributed by atoms with E-state index in [0.717, 1.165) is 10.0 Å². The highest BCUT2D eigenvalue weighted by Gasteiger charge is 2.07. The number of halogens is 2. The number of benzene rings is 2. The van der Waals surface area contributed by atoms with Crippen LogP contribution in [0.25, 0.3) is 0 Å². The topological polar surface area (TPSA) is 17.1 Å². The van der Waals surface area contributed by atoms with E-state index in [1.807, 2.05) is 12.1 Å². The summed E-state index contributed by atoms with van der Waals surface area (Å²) in [6, 6.07) is 13.2. The Balaban J connectivity index is 2.14. The Morgan fingerprint density at radius 3 is 2.47 bits per heavy atom. The predicted octanol–water partition coefficient (Wildman–Crippen LogP) is 4.01. The van der Waals surface area contributed by atoms with Crippen LogP contribution in [0.15, 0.2) is 53.0 Å². The lowest BCUT2D eigenvalue weighted by Crippen LogP contribution is -2.03. The van der Waals surface area contributed by atoms with Crippen LogP contribution < -0.4 is 0 Å². The highest BCUT2D eigenvalue weighted by Crippen LogP contribution is 2.14. The van der Waals surface area contributed by atoms with E-state index in [2.05, 4.69) is 15.9 Å². The van der Waals surface area contributed by atoms with Crippen LogP contribution in [0, 0.1) is 5.82 Å². The Bertz CT molecular complexity index is 534. The van der Waals surface area contributed by atoms with Crippen LogP contribution in [-0.2, 0) is 6.42 Å². The van der Waals surface area contributed by atoms with Crippen LogP contribution in [0.1, 0.15) is 15.9 Å². The summed E-state index contributed by atoms with van der Waals surface area (Å²) in [5.74, 6) is -0.262. The molecular weight excluding hydrogens is 283 g/mol. The number of ketones is 1. The Morgan fingerprint density at radius 1 is 1.12 bits per heavy atom. The molecule has 0 fully saturated rings. The number of Topliss-reactive ketones (excluding diaryl/α,β-unsaturated/α-hetero) is 1. The second-order valence-corrected chi connectivity index (χ2v) is 4.65. The van der Waals surface area contributed by atoms with E-state index in [9.17, 15) is 9.18 Å². The fourth-order valence-corrected chi connectivity index (χ4v) is 1.95. The zero-order valence-corrected chi connectivity index (χ0v) is 10.6. The molecule has 0 aliphatic carbocycles. The minimum absolute atomic E-state index is 0.0258. The minimum atomic E-state index is -0.288. The van der Waals surface area contributed by atoms with Gasteiger partial charge in [0, 0.05) is 16.5 Å². The second kappa shape index (κ2) is 5.23. The van der Waals surface area contributed by atoms with Crippen molar-refractivity contribution in [3.63, 3.8) is 0 Å². The molecule has 3 heteroatoms. The molecule has 0 amide bonds. The second-order valence-electron chi connectivity index (χ2n) is 3.74. The van der Waals surface area contributed by atoms with Crippen molar-refractivity contribution in [1.29, 1.82) is 0 Å². The number of carbonyl (C=O) groups is 1. The summed E-state index contributed by atoms with van der Waals surface area (Å²) in [4.78, 5) is 11.9. The standard InChI is InChI=1S/C14H10BrFO/c15-12-3-1-2-11(9-12)14(17)8-10-4-6-13(16)7-5-10/h1-7,9H,8H2. The lowest BCUT2D eigenvalue weighted by Gasteiger charge is -2.02. The summed E-state index contributed by atoms with van der Waals surface area (Å²) in [7, 11) is 0. The van der Waals surface area contributed by atoms with Gasteiger partial charge in [-0.25, -0.2) is 4.39 Å².